The summed E-state index contributed by atoms with van der Waals surface area (Å²) in [6, 6.07) is 6.13. The summed E-state index contributed by atoms with van der Waals surface area (Å²) in [5.74, 6) is 6.06. The molecule has 27 heavy (non-hydrogen) atoms. The van der Waals surface area contributed by atoms with Gasteiger partial charge < -0.3 is 0 Å². The number of allylic oxidation sites excluding steroid dienone is 6. The molecule has 1 aromatic carbocycles. The molecule has 0 spiro atoms. The smallest absolute Gasteiger partial charge is 0.292 e. The fraction of sp³-hybridized carbons (Fsp3) is 0.286. The zero-order chi connectivity index (χ0) is 19.4. The summed E-state index contributed by atoms with van der Waals surface area (Å²) in [6.07, 6.45) is 11.6. The number of fused-ring (bicyclic) bond motifs is 2. The van der Waals surface area contributed by atoms with Crippen molar-refractivity contribution < 1.29 is 0 Å². The van der Waals surface area contributed by atoms with Gasteiger partial charge in [-0.2, -0.15) is 9.97 Å². The zero-order valence-corrected chi connectivity index (χ0v) is 16.0. The molecule has 2 aromatic rings. The normalized spacial score (nSPS) is 13.8. The van der Waals surface area contributed by atoms with Crippen molar-refractivity contribution in [2.75, 3.05) is 5.43 Å². The van der Waals surface area contributed by atoms with E-state index in [1.165, 1.54) is 22.1 Å². The van der Waals surface area contributed by atoms with Gasteiger partial charge in [-0.1, -0.05) is 56.4 Å². The average molecular weight is 363 g/mol. The van der Waals surface area contributed by atoms with Crippen LogP contribution in [0.25, 0.3) is 11.4 Å². The van der Waals surface area contributed by atoms with Crippen LogP contribution in [-0.2, 0) is 19.9 Å². The number of nitrogen functional groups attached to an aromatic ring is 1. The van der Waals surface area contributed by atoms with Gasteiger partial charge in [-0.15, -0.1) is 0 Å². The van der Waals surface area contributed by atoms with E-state index in [-0.39, 0.29) is 11.6 Å². The first-order valence-corrected chi connectivity index (χ1v) is 9.18. The number of aryl methyl sites for hydroxylation is 2. The molecule has 0 saturated heterocycles. The Bertz CT molecular complexity index is 956. The molecule has 0 fully saturated rings. The Morgan fingerprint density at radius 2 is 1.67 bits per heavy atom. The molecule has 6 heteroatoms. The Balaban J connectivity index is 0.000000246. The number of benzene rings is 1. The van der Waals surface area contributed by atoms with Crippen LogP contribution in [0.1, 0.15) is 31.4 Å². The highest BCUT2D eigenvalue weighted by molar-refractivity contribution is 5.66. The second-order valence-corrected chi connectivity index (χ2v) is 6.51. The quantitative estimate of drug-likeness (QED) is 0.644. The van der Waals surface area contributed by atoms with Crippen molar-refractivity contribution in [1.82, 2.24) is 14.5 Å². The summed E-state index contributed by atoms with van der Waals surface area (Å²) in [4.78, 5) is 20.0. The predicted molar refractivity (Wildman–Crippen MR) is 109 cm³/mol. The standard InChI is InChI=1S/C14H19N5O.C7H6/c1-4-9-7-6-8-10(5-2)11(9)12-16-13(18-15)17-14(20)19(12)3;1-2-7-4-3-6(1)5-7/h6-8H,4-5,15H2,1-3H3,(H,17,18,20);1-4H,5H2. The maximum absolute atomic E-state index is 11.9. The fourth-order valence-electron chi connectivity index (χ4n) is 3.29. The van der Waals surface area contributed by atoms with E-state index < -0.39 is 0 Å². The Kier molecular flexibility index (Phi) is 5.66. The van der Waals surface area contributed by atoms with Crippen molar-refractivity contribution in [3.8, 4) is 11.4 Å². The lowest BCUT2D eigenvalue weighted by Gasteiger charge is -2.15. The number of hydrazine groups is 1. The average Bonchev–Trinajstić information content (AvgIpc) is 3.36. The number of nitrogens with one attached hydrogen (secondary N) is 1. The maximum atomic E-state index is 11.9. The molecule has 0 atom stereocenters. The Labute approximate surface area is 159 Å². The van der Waals surface area contributed by atoms with Crippen LogP contribution in [0.4, 0.5) is 5.95 Å². The van der Waals surface area contributed by atoms with E-state index in [9.17, 15) is 4.79 Å². The summed E-state index contributed by atoms with van der Waals surface area (Å²) in [7, 11) is 1.67. The van der Waals surface area contributed by atoms with E-state index in [4.69, 9.17) is 5.84 Å². The van der Waals surface area contributed by atoms with Gasteiger partial charge in [-0.05, 0) is 41.5 Å². The van der Waals surface area contributed by atoms with E-state index >= 15 is 0 Å². The van der Waals surface area contributed by atoms with Gasteiger partial charge in [-0.3, -0.25) is 9.99 Å². The van der Waals surface area contributed by atoms with Gasteiger partial charge in [-0.25, -0.2) is 10.6 Å². The van der Waals surface area contributed by atoms with Gasteiger partial charge in [0.1, 0.15) is 5.82 Å². The van der Waals surface area contributed by atoms with Gasteiger partial charge in [0.2, 0.25) is 5.95 Å². The van der Waals surface area contributed by atoms with Crippen LogP contribution in [0.2, 0.25) is 0 Å². The molecule has 0 unspecified atom stereocenters. The summed E-state index contributed by atoms with van der Waals surface area (Å²) >= 11 is 0. The van der Waals surface area contributed by atoms with Gasteiger partial charge in [0.15, 0.2) is 0 Å². The highest BCUT2D eigenvalue weighted by atomic mass is 16.1. The first kappa shape index (κ1) is 18.8. The first-order chi connectivity index (χ1) is 13.1. The minimum Gasteiger partial charge on any atom is -0.292 e. The zero-order valence-electron chi connectivity index (χ0n) is 16.0. The Morgan fingerprint density at radius 1 is 1.07 bits per heavy atom. The van der Waals surface area contributed by atoms with Crippen molar-refractivity contribution in [2.45, 2.75) is 33.1 Å². The Morgan fingerprint density at radius 3 is 2.07 bits per heavy atom. The van der Waals surface area contributed by atoms with Crippen LogP contribution in [0, 0.1) is 0 Å². The minimum atomic E-state index is -0.379. The third-order valence-electron chi connectivity index (χ3n) is 4.80. The summed E-state index contributed by atoms with van der Waals surface area (Å²) in [5, 5.41) is 0. The van der Waals surface area contributed by atoms with Crippen LogP contribution < -0.4 is 17.0 Å². The van der Waals surface area contributed by atoms with Crippen LogP contribution >= 0.6 is 0 Å². The van der Waals surface area contributed by atoms with Crippen molar-refractivity contribution in [1.29, 1.82) is 0 Å². The van der Waals surface area contributed by atoms with Crippen LogP contribution in [0.3, 0.4) is 0 Å². The highest BCUT2D eigenvalue weighted by Gasteiger charge is 2.15. The molecular weight excluding hydrogens is 338 g/mol. The maximum Gasteiger partial charge on any atom is 0.352 e. The fourth-order valence-corrected chi connectivity index (χ4v) is 3.29. The summed E-state index contributed by atoms with van der Waals surface area (Å²) in [5.41, 5.74) is 8.20. The van der Waals surface area contributed by atoms with Gasteiger partial charge >= 0.3 is 5.69 Å². The number of nitrogens with zero attached hydrogens (tertiary/aromatic N) is 3. The lowest BCUT2D eigenvalue weighted by molar-refractivity contribution is 0.781. The van der Waals surface area contributed by atoms with Crippen LogP contribution in [-0.4, -0.2) is 14.5 Å². The monoisotopic (exact) mass is 363 g/mol. The third kappa shape index (κ3) is 3.90. The van der Waals surface area contributed by atoms with Crippen LogP contribution in [0.15, 0.2) is 58.4 Å². The SMILES string of the molecule is C1=CC2=CC=C1C2.CCc1cccc(CC)c1-c1nc(NN)nc(=O)n1C. The second-order valence-electron chi connectivity index (χ2n) is 6.51. The summed E-state index contributed by atoms with van der Waals surface area (Å²) < 4.78 is 1.45. The molecule has 6 nitrogen and oxygen atoms in total. The topological polar surface area (TPSA) is 85.8 Å². The van der Waals surface area contributed by atoms with Crippen LogP contribution in [0.5, 0.6) is 0 Å². The number of hydrogen-bond donors (Lipinski definition) is 2. The number of hydrogen-bond acceptors (Lipinski definition) is 5. The lowest BCUT2D eigenvalue weighted by Crippen LogP contribution is -2.26. The number of aromatic nitrogens is 3. The molecule has 1 aromatic heterocycles. The predicted octanol–water partition coefficient (Wildman–Crippen LogP) is 3.07. The third-order valence-corrected chi connectivity index (χ3v) is 4.80. The number of anilines is 1. The largest absolute Gasteiger partial charge is 0.352 e. The Hall–Kier alpha value is -2.99. The van der Waals surface area contributed by atoms with Crippen molar-refractivity contribution in [3.63, 3.8) is 0 Å². The molecule has 140 valence electrons. The summed E-state index contributed by atoms with van der Waals surface area (Å²) in [6.45, 7) is 4.17. The molecule has 0 radical (unpaired) electrons. The molecular formula is C21H25N5O. The molecule has 0 aliphatic heterocycles. The number of rotatable bonds is 4. The van der Waals surface area contributed by atoms with Crippen molar-refractivity contribution in [2.24, 2.45) is 12.9 Å². The van der Waals surface area contributed by atoms with E-state index in [0.29, 0.717) is 5.82 Å². The van der Waals surface area contributed by atoms with Crippen molar-refractivity contribution in [3.05, 3.63) is 75.3 Å². The van der Waals surface area contributed by atoms with Crippen molar-refractivity contribution >= 4 is 5.95 Å². The molecule has 3 N–H and O–H groups in total. The van der Waals surface area contributed by atoms with E-state index in [0.717, 1.165) is 29.5 Å². The number of nitrogens with two attached hydrogens (primary N) is 1. The van der Waals surface area contributed by atoms with E-state index in [2.05, 4.69) is 65.7 Å². The van der Waals surface area contributed by atoms with E-state index in [1.54, 1.807) is 7.05 Å². The first-order valence-electron chi connectivity index (χ1n) is 9.18. The molecule has 1 heterocycles. The lowest BCUT2D eigenvalue weighted by atomic mass is 9.97. The minimum absolute atomic E-state index is 0.135. The molecule has 0 saturated carbocycles. The van der Waals surface area contributed by atoms with Gasteiger partial charge in [0.25, 0.3) is 0 Å². The molecule has 0 amide bonds. The van der Waals surface area contributed by atoms with Gasteiger partial charge in [0, 0.05) is 12.6 Å². The van der Waals surface area contributed by atoms with Gasteiger partial charge in [0.05, 0.1) is 0 Å². The molecule has 2 aliphatic rings. The highest BCUT2D eigenvalue weighted by Crippen LogP contribution is 2.27. The second kappa shape index (κ2) is 8.14. The molecule has 4 rings (SSSR count). The molecule has 2 bridgehead atoms. The molecule has 2 aliphatic carbocycles. The van der Waals surface area contributed by atoms with E-state index in [1.807, 2.05) is 6.07 Å².